The number of benzene rings is 1. The molecular formula is C10H15NO2. The van der Waals surface area contributed by atoms with Crippen LogP contribution >= 0.6 is 0 Å². The molecule has 0 amide bonds. The van der Waals surface area contributed by atoms with Crippen LogP contribution in [-0.4, -0.2) is 24.9 Å². The van der Waals surface area contributed by atoms with Crippen LogP contribution in [-0.2, 0) is 0 Å². The molecule has 0 spiro atoms. The van der Waals surface area contributed by atoms with Crippen molar-refractivity contribution in [2.45, 2.75) is 13.0 Å². The van der Waals surface area contributed by atoms with Crippen LogP contribution in [0, 0.1) is 0 Å². The highest BCUT2D eigenvalue weighted by Crippen LogP contribution is 2.15. The molecular weight excluding hydrogens is 166 g/mol. The Balaban J connectivity index is 2.58. The predicted octanol–water partition coefficient (Wildman–Crippen LogP) is 1.49. The minimum Gasteiger partial charge on any atom is -0.497 e. The summed E-state index contributed by atoms with van der Waals surface area (Å²) in [7, 11) is 1.64. The van der Waals surface area contributed by atoms with E-state index in [1.165, 1.54) is 0 Å². The Kier molecular flexibility index (Phi) is 3.58. The summed E-state index contributed by atoms with van der Waals surface area (Å²) in [6.07, 6.45) is 0. The zero-order valence-corrected chi connectivity index (χ0v) is 7.95. The number of rotatable bonds is 4. The van der Waals surface area contributed by atoms with Gasteiger partial charge in [-0.3, -0.25) is 0 Å². The lowest BCUT2D eigenvalue weighted by Gasteiger charge is -2.12. The molecule has 1 aromatic rings. The molecule has 0 saturated carbocycles. The van der Waals surface area contributed by atoms with Crippen molar-refractivity contribution in [2.75, 3.05) is 19.0 Å². The summed E-state index contributed by atoms with van der Waals surface area (Å²) in [6, 6.07) is 7.68. The van der Waals surface area contributed by atoms with Gasteiger partial charge in [-0.15, -0.1) is 0 Å². The van der Waals surface area contributed by atoms with E-state index >= 15 is 0 Å². The molecule has 2 N–H and O–H groups in total. The smallest absolute Gasteiger partial charge is 0.119 e. The number of ether oxygens (including phenoxy) is 1. The van der Waals surface area contributed by atoms with E-state index in [9.17, 15) is 0 Å². The molecule has 0 aliphatic heterocycles. The Hall–Kier alpha value is -1.22. The first kappa shape index (κ1) is 9.86. The summed E-state index contributed by atoms with van der Waals surface area (Å²) in [6.45, 7) is 2.05. The van der Waals surface area contributed by atoms with E-state index in [0.717, 1.165) is 11.4 Å². The SMILES string of the molecule is COc1ccc(NC(C)CO)cc1. The molecule has 1 unspecified atom stereocenters. The summed E-state index contributed by atoms with van der Waals surface area (Å²) in [5.41, 5.74) is 0.988. The van der Waals surface area contributed by atoms with Gasteiger partial charge in [0.05, 0.1) is 13.7 Å². The molecule has 0 saturated heterocycles. The van der Waals surface area contributed by atoms with Crippen LogP contribution < -0.4 is 10.1 Å². The molecule has 0 heterocycles. The molecule has 0 radical (unpaired) electrons. The van der Waals surface area contributed by atoms with Gasteiger partial charge >= 0.3 is 0 Å². The first-order valence-corrected chi connectivity index (χ1v) is 4.27. The molecule has 3 heteroatoms. The lowest BCUT2D eigenvalue weighted by Crippen LogP contribution is -2.18. The fourth-order valence-corrected chi connectivity index (χ4v) is 1.02. The molecule has 0 bridgehead atoms. The number of hydrogen-bond donors (Lipinski definition) is 2. The first-order valence-electron chi connectivity index (χ1n) is 4.27. The first-order chi connectivity index (χ1) is 6.26. The highest BCUT2D eigenvalue weighted by Gasteiger charge is 1.98. The molecule has 1 rings (SSSR count). The zero-order chi connectivity index (χ0) is 9.68. The van der Waals surface area contributed by atoms with Gasteiger partial charge in [0.2, 0.25) is 0 Å². The Morgan fingerprint density at radius 2 is 2.00 bits per heavy atom. The minimum atomic E-state index is 0.0772. The molecule has 13 heavy (non-hydrogen) atoms. The van der Waals surface area contributed by atoms with Crippen molar-refractivity contribution >= 4 is 5.69 Å². The van der Waals surface area contributed by atoms with Crippen LogP contribution in [0.25, 0.3) is 0 Å². The highest BCUT2D eigenvalue weighted by atomic mass is 16.5. The molecule has 3 nitrogen and oxygen atoms in total. The van der Waals surface area contributed by atoms with Gasteiger partial charge in [-0.25, -0.2) is 0 Å². The van der Waals surface area contributed by atoms with Crippen molar-refractivity contribution in [2.24, 2.45) is 0 Å². The summed E-state index contributed by atoms with van der Waals surface area (Å²) >= 11 is 0. The zero-order valence-electron chi connectivity index (χ0n) is 7.95. The second-order valence-electron chi connectivity index (χ2n) is 2.96. The normalized spacial score (nSPS) is 12.2. The van der Waals surface area contributed by atoms with Gasteiger partial charge in [0.25, 0.3) is 0 Å². The van der Waals surface area contributed by atoms with Gasteiger partial charge in [-0.05, 0) is 31.2 Å². The number of nitrogens with one attached hydrogen (secondary N) is 1. The van der Waals surface area contributed by atoms with Gasteiger partial charge in [-0.2, -0.15) is 0 Å². The fourth-order valence-electron chi connectivity index (χ4n) is 1.02. The Bertz CT molecular complexity index is 246. The average molecular weight is 181 g/mol. The molecule has 0 aliphatic rings. The van der Waals surface area contributed by atoms with Crippen molar-refractivity contribution in [3.05, 3.63) is 24.3 Å². The second-order valence-corrected chi connectivity index (χ2v) is 2.96. The third-order valence-electron chi connectivity index (χ3n) is 1.78. The molecule has 72 valence electrons. The van der Waals surface area contributed by atoms with E-state index in [4.69, 9.17) is 9.84 Å². The van der Waals surface area contributed by atoms with E-state index in [1.54, 1.807) is 7.11 Å². The van der Waals surface area contributed by atoms with Crippen molar-refractivity contribution < 1.29 is 9.84 Å². The predicted molar refractivity (Wildman–Crippen MR) is 53.2 cm³/mol. The molecule has 1 aromatic carbocycles. The van der Waals surface area contributed by atoms with E-state index in [0.29, 0.717) is 0 Å². The number of methoxy groups -OCH3 is 1. The third kappa shape index (κ3) is 2.95. The van der Waals surface area contributed by atoms with Crippen LogP contribution in [0.2, 0.25) is 0 Å². The van der Waals surface area contributed by atoms with Crippen molar-refractivity contribution in [1.82, 2.24) is 0 Å². The van der Waals surface area contributed by atoms with Crippen LogP contribution in [0.4, 0.5) is 5.69 Å². The van der Waals surface area contributed by atoms with Crippen LogP contribution in [0.15, 0.2) is 24.3 Å². The van der Waals surface area contributed by atoms with Gasteiger partial charge < -0.3 is 15.2 Å². The maximum atomic E-state index is 8.81. The van der Waals surface area contributed by atoms with Gasteiger partial charge in [0.15, 0.2) is 0 Å². The number of hydrogen-bond acceptors (Lipinski definition) is 3. The number of anilines is 1. The molecule has 1 atom stereocenters. The standard InChI is InChI=1S/C10H15NO2/c1-8(7-12)11-9-3-5-10(13-2)6-4-9/h3-6,8,11-12H,7H2,1-2H3. The number of aliphatic hydroxyl groups excluding tert-OH is 1. The number of aliphatic hydroxyl groups is 1. The van der Waals surface area contributed by atoms with Gasteiger partial charge in [0, 0.05) is 11.7 Å². The topological polar surface area (TPSA) is 41.5 Å². The summed E-state index contributed by atoms with van der Waals surface area (Å²) in [4.78, 5) is 0. The third-order valence-corrected chi connectivity index (χ3v) is 1.78. The monoisotopic (exact) mass is 181 g/mol. The molecule has 0 fully saturated rings. The lowest BCUT2D eigenvalue weighted by atomic mass is 10.2. The maximum absolute atomic E-state index is 8.81. The van der Waals surface area contributed by atoms with Gasteiger partial charge in [-0.1, -0.05) is 0 Å². The second kappa shape index (κ2) is 4.72. The maximum Gasteiger partial charge on any atom is 0.119 e. The van der Waals surface area contributed by atoms with Crippen molar-refractivity contribution in [3.8, 4) is 5.75 Å². The summed E-state index contributed by atoms with van der Waals surface area (Å²) in [5, 5.41) is 11.9. The van der Waals surface area contributed by atoms with Crippen molar-refractivity contribution in [3.63, 3.8) is 0 Å². The minimum absolute atomic E-state index is 0.0772. The van der Waals surface area contributed by atoms with Crippen LogP contribution in [0.3, 0.4) is 0 Å². The largest absolute Gasteiger partial charge is 0.497 e. The van der Waals surface area contributed by atoms with E-state index in [1.807, 2.05) is 31.2 Å². The van der Waals surface area contributed by atoms with Crippen molar-refractivity contribution in [1.29, 1.82) is 0 Å². The van der Waals surface area contributed by atoms with E-state index < -0.39 is 0 Å². The molecule has 0 aliphatic carbocycles. The molecule has 0 aromatic heterocycles. The lowest BCUT2D eigenvalue weighted by molar-refractivity contribution is 0.281. The Morgan fingerprint density at radius 3 is 2.46 bits per heavy atom. The Morgan fingerprint density at radius 1 is 1.38 bits per heavy atom. The van der Waals surface area contributed by atoms with Crippen LogP contribution in [0.5, 0.6) is 5.75 Å². The van der Waals surface area contributed by atoms with E-state index in [2.05, 4.69) is 5.32 Å². The quantitative estimate of drug-likeness (QED) is 0.739. The summed E-state index contributed by atoms with van der Waals surface area (Å²) in [5.74, 6) is 0.835. The Labute approximate surface area is 78.3 Å². The highest BCUT2D eigenvalue weighted by molar-refractivity contribution is 5.46. The average Bonchev–Trinajstić information content (AvgIpc) is 2.19. The fraction of sp³-hybridized carbons (Fsp3) is 0.400. The summed E-state index contributed by atoms with van der Waals surface area (Å²) < 4.78 is 5.02. The van der Waals surface area contributed by atoms with Gasteiger partial charge in [0.1, 0.15) is 5.75 Å². The van der Waals surface area contributed by atoms with Crippen LogP contribution in [0.1, 0.15) is 6.92 Å². The van der Waals surface area contributed by atoms with E-state index in [-0.39, 0.29) is 12.6 Å².